The summed E-state index contributed by atoms with van der Waals surface area (Å²) in [6, 6.07) is 4.98. The van der Waals surface area contributed by atoms with Crippen molar-refractivity contribution >= 4 is 11.5 Å². The van der Waals surface area contributed by atoms with Crippen molar-refractivity contribution < 1.29 is 27.9 Å². The van der Waals surface area contributed by atoms with Crippen molar-refractivity contribution in [3.63, 3.8) is 0 Å². The molecule has 0 saturated carbocycles. The van der Waals surface area contributed by atoms with Gasteiger partial charge in [-0.1, -0.05) is 18.2 Å². The number of carbonyl (C=O) groups is 1. The molecule has 0 bridgehead atoms. The number of aromatic nitrogens is 2. The quantitative estimate of drug-likeness (QED) is 0.698. The van der Waals surface area contributed by atoms with Gasteiger partial charge >= 0.3 is 12.1 Å². The summed E-state index contributed by atoms with van der Waals surface area (Å²) in [5, 5.41) is 8.93. The maximum absolute atomic E-state index is 13.0. The van der Waals surface area contributed by atoms with Crippen LogP contribution in [0.3, 0.4) is 0 Å². The van der Waals surface area contributed by atoms with E-state index in [-0.39, 0.29) is 12.8 Å². The van der Waals surface area contributed by atoms with Crippen LogP contribution in [-0.2, 0) is 22.4 Å². The minimum absolute atomic E-state index is 0.0955. The summed E-state index contributed by atoms with van der Waals surface area (Å²) >= 11 is 0. The van der Waals surface area contributed by atoms with E-state index < -0.39 is 23.8 Å². The Kier molecular flexibility index (Phi) is 6.53. The van der Waals surface area contributed by atoms with Gasteiger partial charge in [0.15, 0.2) is 6.10 Å². The van der Waals surface area contributed by atoms with E-state index in [0.29, 0.717) is 17.7 Å². The highest BCUT2D eigenvalue weighted by atomic mass is 19.4. The van der Waals surface area contributed by atoms with Gasteiger partial charge in [0.25, 0.3) is 0 Å². The molecule has 0 aliphatic heterocycles. The van der Waals surface area contributed by atoms with Crippen molar-refractivity contribution in [2.24, 2.45) is 5.90 Å². The molecule has 0 fully saturated rings. The van der Waals surface area contributed by atoms with Gasteiger partial charge in [0.05, 0.1) is 11.9 Å². The summed E-state index contributed by atoms with van der Waals surface area (Å²) in [4.78, 5) is 19.2. The fourth-order valence-corrected chi connectivity index (χ4v) is 2.40. The highest BCUT2D eigenvalue weighted by Crippen LogP contribution is 2.31. The monoisotopic (exact) mass is 369 g/mol. The van der Waals surface area contributed by atoms with Crippen LogP contribution in [0.4, 0.5) is 13.2 Å². The molecule has 2 aromatic rings. The molecule has 3 N–H and O–H groups in total. The van der Waals surface area contributed by atoms with E-state index in [1.54, 1.807) is 35.4 Å². The number of carboxylic acids is 1. The first-order valence-corrected chi connectivity index (χ1v) is 7.72. The predicted molar refractivity (Wildman–Crippen MR) is 87.6 cm³/mol. The normalized spacial score (nSPS) is 13.6. The van der Waals surface area contributed by atoms with Crippen LogP contribution in [0.1, 0.15) is 24.0 Å². The van der Waals surface area contributed by atoms with E-state index in [1.165, 1.54) is 6.07 Å². The molecule has 1 aromatic heterocycles. The number of nitrogens with zero attached hydrogens (tertiary/aromatic N) is 2. The number of allylic oxidation sites excluding steroid dienone is 2. The molecule has 1 unspecified atom stereocenters. The van der Waals surface area contributed by atoms with Crippen LogP contribution >= 0.6 is 0 Å². The van der Waals surface area contributed by atoms with Crippen LogP contribution in [0, 0.1) is 0 Å². The zero-order valence-corrected chi connectivity index (χ0v) is 13.7. The Morgan fingerprint density at radius 2 is 2.19 bits per heavy atom. The van der Waals surface area contributed by atoms with Gasteiger partial charge in [-0.2, -0.15) is 13.2 Å². The molecule has 0 radical (unpaired) electrons. The average molecular weight is 369 g/mol. The Morgan fingerprint density at radius 3 is 2.77 bits per heavy atom. The van der Waals surface area contributed by atoms with E-state index in [0.717, 1.165) is 12.1 Å². The Hall–Kier alpha value is -2.65. The largest absolute Gasteiger partial charge is 0.479 e. The molecule has 1 aromatic carbocycles. The summed E-state index contributed by atoms with van der Waals surface area (Å²) in [5.74, 6) is 3.74. The van der Waals surface area contributed by atoms with Gasteiger partial charge in [-0.25, -0.2) is 15.7 Å². The smallest absolute Gasteiger partial charge is 0.416 e. The number of imidazole rings is 1. The molecule has 26 heavy (non-hydrogen) atoms. The van der Waals surface area contributed by atoms with Crippen molar-refractivity contribution in [2.45, 2.75) is 31.7 Å². The molecule has 0 amide bonds. The minimum Gasteiger partial charge on any atom is -0.479 e. The number of nitrogens with two attached hydrogens (primary N) is 1. The molecule has 1 atom stereocenters. The Bertz CT molecular complexity index is 758. The molecule has 0 spiro atoms. The second-order valence-electron chi connectivity index (χ2n) is 5.58. The second kappa shape index (κ2) is 8.63. The summed E-state index contributed by atoms with van der Waals surface area (Å²) in [5.41, 5.74) is 0.254. The minimum atomic E-state index is -4.45. The van der Waals surface area contributed by atoms with Crippen molar-refractivity contribution in [2.75, 3.05) is 0 Å². The third-order valence-corrected chi connectivity index (χ3v) is 3.73. The summed E-state index contributed by atoms with van der Waals surface area (Å²) in [7, 11) is 0. The van der Waals surface area contributed by atoms with Crippen LogP contribution in [0.2, 0.25) is 0 Å². The second-order valence-corrected chi connectivity index (χ2v) is 5.58. The van der Waals surface area contributed by atoms with E-state index in [9.17, 15) is 18.0 Å². The van der Waals surface area contributed by atoms with Crippen LogP contribution in [0.15, 0.2) is 49.1 Å². The fraction of sp³-hybridized carbons (Fsp3) is 0.294. The number of hydrogen-bond acceptors (Lipinski definition) is 4. The fourth-order valence-electron chi connectivity index (χ4n) is 2.40. The number of aliphatic carboxylic acids is 1. The molecule has 6 nitrogen and oxygen atoms in total. The first kappa shape index (κ1) is 19.7. The summed E-state index contributed by atoms with van der Waals surface area (Å²) in [6.45, 7) is 0.294. The standard InChI is InChI=1S/C17H18F3N3O3/c18-17(19,20)14-5-1-3-12(9-14)13(10-23-8-7-22-11-23)4-2-6-15(26-21)16(24)25/h1,3-5,7-9,11,15H,2,6,10,21H2,(H,24,25)/b13-4-. The van der Waals surface area contributed by atoms with Gasteiger partial charge < -0.3 is 9.67 Å². The Balaban J connectivity index is 2.26. The molecule has 9 heteroatoms. The van der Waals surface area contributed by atoms with E-state index in [4.69, 9.17) is 11.0 Å². The average Bonchev–Trinajstić information content (AvgIpc) is 3.10. The van der Waals surface area contributed by atoms with Crippen LogP contribution < -0.4 is 5.90 Å². The Morgan fingerprint density at radius 1 is 1.42 bits per heavy atom. The highest BCUT2D eigenvalue weighted by molar-refractivity contribution is 5.72. The third kappa shape index (κ3) is 5.43. The molecule has 0 saturated heterocycles. The predicted octanol–water partition coefficient (Wildman–Crippen LogP) is 3.11. The number of benzene rings is 1. The zero-order chi connectivity index (χ0) is 19.2. The van der Waals surface area contributed by atoms with Crippen molar-refractivity contribution in [1.82, 2.24) is 9.55 Å². The lowest BCUT2D eigenvalue weighted by Crippen LogP contribution is -2.26. The van der Waals surface area contributed by atoms with Gasteiger partial charge in [-0.3, -0.25) is 4.84 Å². The van der Waals surface area contributed by atoms with Gasteiger partial charge in [0, 0.05) is 18.9 Å². The first-order valence-electron chi connectivity index (χ1n) is 7.72. The molecular weight excluding hydrogens is 351 g/mol. The first-order chi connectivity index (χ1) is 12.3. The molecule has 0 aliphatic carbocycles. The van der Waals surface area contributed by atoms with Gasteiger partial charge in [-0.15, -0.1) is 0 Å². The lowest BCUT2D eigenvalue weighted by atomic mass is 10.0. The van der Waals surface area contributed by atoms with E-state index >= 15 is 0 Å². The SMILES string of the molecule is NOC(CC/C=C(/Cn1ccnc1)c1cccc(C(F)(F)F)c1)C(=O)O. The van der Waals surface area contributed by atoms with Crippen molar-refractivity contribution in [3.05, 3.63) is 60.2 Å². The molecule has 2 rings (SSSR count). The molecule has 140 valence electrons. The number of halogens is 3. The number of alkyl halides is 3. The number of carboxylic acid groups (broad SMARTS) is 1. The van der Waals surface area contributed by atoms with Crippen LogP contribution in [0.25, 0.3) is 5.57 Å². The van der Waals surface area contributed by atoms with Gasteiger partial charge in [0.2, 0.25) is 0 Å². The van der Waals surface area contributed by atoms with Crippen LogP contribution in [-0.4, -0.2) is 26.7 Å². The van der Waals surface area contributed by atoms with Crippen molar-refractivity contribution in [1.29, 1.82) is 0 Å². The third-order valence-electron chi connectivity index (χ3n) is 3.73. The lowest BCUT2D eigenvalue weighted by molar-refractivity contribution is -0.151. The Labute approximate surface area is 147 Å². The summed E-state index contributed by atoms with van der Waals surface area (Å²) in [6.07, 6.45) is 1.22. The maximum Gasteiger partial charge on any atom is 0.416 e. The number of rotatable bonds is 8. The zero-order valence-electron chi connectivity index (χ0n) is 13.7. The van der Waals surface area contributed by atoms with Crippen molar-refractivity contribution in [3.8, 4) is 0 Å². The lowest BCUT2D eigenvalue weighted by Gasteiger charge is -2.13. The number of hydrogen-bond donors (Lipinski definition) is 2. The highest BCUT2D eigenvalue weighted by Gasteiger charge is 2.30. The topological polar surface area (TPSA) is 90.4 Å². The maximum atomic E-state index is 13.0. The van der Waals surface area contributed by atoms with E-state index in [1.807, 2.05) is 0 Å². The van der Waals surface area contributed by atoms with Gasteiger partial charge in [-0.05, 0) is 36.1 Å². The van der Waals surface area contributed by atoms with Gasteiger partial charge in [0.1, 0.15) is 0 Å². The van der Waals surface area contributed by atoms with E-state index in [2.05, 4.69) is 9.82 Å². The molecule has 1 heterocycles. The van der Waals surface area contributed by atoms with Crippen LogP contribution in [0.5, 0.6) is 0 Å². The molecular formula is C17H18F3N3O3. The molecule has 0 aliphatic rings. The summed E-state index contributed by atoms with van der Waals surface area (Å²) < 4.78 is 40.6.